The molecule has 0 fully saturated rings. The molecule has 2 rings (SSSR count). The van der Waals surface area contributed by atoms with Crippen LogP contribution in [0.25, 0.3) is 0 Å². The lowest BCUT2D eigenvalue weighted by molar-refractivity contribution is -0.137. The molecule has 2 aromatic rings. The van der Waals surface area contributed by atoms with Gasteiger partial charge >= 0.3 is 6.18 Å². The van der Waals surface area contributed by atoms with E-state index in [0.29, 0.717) is 16.1 Å². The van der Waals surface area contributed by atoms with Crippen molar-refractivity contribution in [3.8, 4) is 0 Å². The first-order valence-corrected chi connectivity index (χ1v) is 6.50. The van der Waals surface area contributed by atoms with Gasteiger partial charge in [0.2, 0.25) is 0 Å². The van der Waals surface area contributed by atoms with Crippen molar-refractivity contribution in [3.05, 3.63) is 70.0 Å². The molecule has 6 heteroatoms. The zero-order chi connectivity index (χ0) is 15.6. The monoisotopic (exact) mass is 317 g/mol. The zero-order valence-corrected chi connectivity index (χ0v) is 11.8. The molecular weight excluding hydrogens is 306 g/mol. The molecule has 1 N–H and O–H groups in total. The van der Waals surface area contributed by atoms with Gasteiger partial charge in [-0.1, -0.05) is 23.7 Å². The lowest BCUT2D eigenvalue weighted by Gasteiger charge is -2.19. The third-order valence-electron chi connectivity index (χ3n) is 3.13. The van der Waals surface area contributed by atoms with E-state index in [1.165, 1.54) is 30.3 Å². The minimum Gasteiger partial charge on any atom is -0.309 e. The maximum Gasteiger partial charge on any atom is 0.416 e. The van der Waals surface area contributed by atoms with Crippen molar-refractivity contribution < 1.29 is 17.6 Å². The summed E-state index contributed by atoms with van der Waals surface area (Å²) in [6.45, 7) is 0. The van der Waals surface area contributed by atoms with Crippen molar-refractivity contribution in [2.45, 2.75) is 12.2 Å². The lowest BCUT2D eigenvalue weighted by atomic mass is 9.97. The molecule has 0 radical (unpaired) electrons. The van der Waals surface area contributed by atoms with E-state index in [9.17, 15) is 17.6 Å². The van der Waals surface area contributed by atoms with Crippen LogP contribution in [-0.4, -0.2) is 7.05 Å². The highest BCUT2D eigenvalue weighted by atomic mass is 35.5. The summed E-state index contributed by atoms with van der Waals surface area (Å²) in [5.41, 5.74) is 0.309. The molecule has 0 aliphatic carbocycles. The van der Waals surface area contributed by atoms with Crippen LogP contribution in [0.15, 0.2) is 42.5 Å². The van der Waals surface area contributed by atoms with Crippen LogP contribution in [-0.2, 0) is 6.18 Å². The van der Waals surface area contributed by atoms with Gasteiger partial charge in [-0.3, -0.25) is 0 Å². The molecular formula is C15H12ClF4N. The third-order valence-corrected chi connectivity index (χ3v) is 3.47. The largest absolute Gasteiger partial charge is 0.416 e. The van der Waals surface area contributed by atoms with Gasteiger partial charge in [-0.15, -0.1) is 0 Å². The normalized spacial score (nSPS) is 13.2. The highest BCUT2D eigenvalue weighted by molar-refractivity contribution is 6.31. The van der Waals surface area contributed by atoms with E-state index in [2.05, 4.69) is 5.32 Å². The Balaban J connectivity index is 2.40. The van der Waals surface area contributed by atoms with Crippen LogP contribution < -0.4 is 5.32 Å². The van der Waals surface area contributed by atoms with Crippen LogP contribution in [0.3, 0.4) is 0 Å². The molecule has 0 heterocycles. The molecule has 0 saturated heterocycles. The van der Waals surface area contributed by atoms with E-state index < -0.39 is 23.6 Å². The van der Waals surface area contributed by atoms with Crippen molar-refractivity contribution in [3.63, 3.8) is 0 Å². The van der Waals surface area contributed by atoms with Crippen LogP contribution in [0.2, 0.25) is 5.02 Å². The quantitative estimate of drug-likeness (QED) is 0.801. The van der Waals surface area contributed by atoms with Crippen LogP contribution in [0, 0.1) is 5.82 Å². The van der Waals surface area contributed by atoms with Crippen LogP contribution in [0.5, 0.6) is 0 Å². The number of benzene rings is 2. The predicted molar refractivity (Wildman–Crippen MR) is 73.8 cm³/mol. The topological polar surface area (TPSA) is 12.0 Å². The predicted octanol–water partition coefficient (Wildman–Crippen LogP) is 4.81. The number of nitrogens with one attached hydrogen (secondary N) is 1. The summed E-state index contributed by atoms with van der Waals surface area (Å²) in [7, 11) is 1.63. The Kier molecular flexibility index (Phi) is 4.54. The average Bonchev–Trinajstić information content (AvgIpc) is 2.43. The van der Waals surface area contributed by atoms with E-state index in [0.717, 1.165) is 12.1 Å². The first-order valence-electron chi connectivity index (χ1n) is 6.12. The molecule has 0 aliphatic rings. The second-order valence-electron chi connectivity index (χ2n) is 4.51. The maximum atomic E-state index is 13.3. The number of alkyl halides is 3. The molecule has 0 spiro atoms. The second-order valence-corrected chi connectivity index (χ2v) is 4.91. The standard InChI is InChI=1S/C15H12ClF4N/c1-21-14(12-8-11(17)6-7-13(12)16)9-2-4-10(5-3-9)15(18,19)20/h2-8,14,21H,1H3. The van der Waals surface area contributed by atoms with Gasteiger partial charge in [0.05, 0.1) is 11.6 Å². The first kappa shape index (κ1) is 15.8. The molecule has 0 aromatic heterocycles. The van der Waals surface area contributed by atoms with E-state index >= 15 is 0 Å². The minimum absolute atomic E-state index is 0.343. The Morgan fingerprint density at radius 1 is 1.05 bits per heavy atom. The number of halogens is 5. The fraction of sp³-hybridized carbons (Fsp3) is 0.200. The Hall–Kier alpha value is -1.59. The maximum absolute atomic E-state index is 13.3. The minimum atomic E-state index is -4.38. The molecule has 1 unspecified atom stereocenters. The van der Waals surface area contributed by atoms with Gasteiger partial charge in [-0.25, -0.2) is 4.39 Å². The highest BCUT2D eigenvalue weighted by Gasteiger charge is 2.30. The van der Waals surface area contributed by atoms with Crippen molar-refractivity contribution >= 4 is 11.6 Å². The van der Waals surface area contributed by atoms with Crippen LogP contribution in [0.1, 0.15) is 22.7 Å². The van der Waals surface area contributed by atoms with Crippen molar-refractivity contribution in [2.75, 3.05) is 7.05 Å². The summed E-state index contributed by atoms with van der Waals surface area (Å²) >= 11 is 6.04. The summed E-state index contributed by atoms with van der Waals surface area (Å²) < 4.78 is 51.0. The zero-order valence-electron chi connectivity index (χ0n) is 11.0. The SMILES string of the molecule is CNC(c1ccc(C(F)(F)F)cc1)c1cc(F)ccc1Cl. The Morgan fingerprint density at radius 2 is 1.67 bits per heavy atom. The second kappa shape index (κ2) is 6.03. The smallest absolute Gasteiger partial charge is 0.309 e. The molecule has 1 atom stereocenters. The van der Waals surface area contributed by atoms with Gasteiger partial charge in [0.25, 0.3) is 0 Å². The fourth-order valence-corrected chi connectivity index (χ4v) is 2.33. The molecule has 0 aliphatic heterocycles. The van der Waals surface area contributed by atoms with E-state index in [-0.39, 0.29) is 0 Å². The van der Waals surface area contributed by atoms with Gasteiger partial charge in [0.15, 0.2) is 0 Å². The first-order chi connectivity index (χ1) is 9.82. The van der Waals surface area contributed by atoms with E-state index in [1.54, 1.807) is 7.05 Å². The van der Waals surface area contributed by atoms with Gasteiger partial charge in [-0.2, -0.15) is 13.2 Å². The number of hydrogen-bond donors (Lipinski definition) is 1. The van der Waals surface area contributed by atoms with Crippen molar-refractivity contribution in [1.29, 1.82) is 0 Å². The molecule has 2 aromatic carbocycles. The van der Waals surface area contributed by atoms with Crippen LogP contribution in [0.4, 0.5) is 17.6 Å². The average molecular weight is 318 g/mol. The summed E-state index contributed by atoms with van der Waals surface area (Å²) in [6.07, 6.45) is -4.38. The van der Waals surface area contributed by atoms with Gasteiger partial charge in [0, 0.05) is 5.02 Å². The molecule has 112 valence electrons. The van der Waals surface area contributed by atoms with Gasteiger partial charge < -0.3 is 5.32 Å². The number of hydrogen-bond acceptors (Lipinski definition) is 1. The molecule has 0 saturated carbocycles. The van der Waals surface area contributed by atoms with Crippen LogP contribution >= 0.6 is 11.6 Å². The number of rotatable bonds is 3. The highest BCUT2D eigenvalue weighted by Crippen LogP contribution is 2.32. The Bertz CT molecular complexity index is 623. The van der Waals surface area contributed by atoms with Gasteiger partial charge in [0.1, 0.15) is 5.82 Å². The van der Waals surface area contributed by atoms with Crippen molar-refractivity contribution in [1.82, 2.24) is 5.32 Å². The summed E-state index contributed by atoms with van der Waals surface area (Å²) in [4.78, 5) is 0. The van der Waals surface area contributed by atoms with E-state index in [1.807, 2.05) is 0 Å². The molecule has 1 nitrogen and oxygen atoms in total. The Morgan fingerprint density at radius 3 is 2.19 bits per heavy atom. The summed E-state index contributed by atoms with van der Waals surface area (Å²) in [5.74, 6) is -0.457. The van der Waals surface area contributed by atoms with E-state index in [4.69, 9.17) is 11.6 Å². The summed E-state index contributed by atoms with van der Waals surface area (Å²) in [6, 6.07) is 8.11. The summed E-state index contributed by atoms with van der Waals surface area (Å²) in [5, 5.41) is 3.27. The molecule has 21 heavy (non-hydrogen) atoms. The van der Waals surface area contributed by atoms with Gasteiger partial charge in [-0.05, 0) is 48.5 Å². The van der Waals surface area contributed by atoms with Crippen molar-refractivity contribution in [2.24, 2.45) is 0 Å². The molecule has 0 bridgehead atoms. The fourth-order valence-electron chi connectivity index (χ4n) is 2.10. The third kappa shape index (κ3) is 3.54. The molecule has 0 amide bonds. The Labute approximate surface area is 124 Å². The lowest BCUT2D eigenvalue weighted by Crippen LogP contribution is -2.18.